The number of amides is 1. The standard InChI is InChI=1S/C20H26N2O4S/c1-14-10-12-22(13-11-14)27(24,25)18-7-5-17(6-8-18)20(23)21-16(3)19-9-4-15(2)26-19/h4-9,14,16H,10-13H2,1-3H3,(H,21,23). The number of nitrogens with zero attached hydrogens (tertiary/aromatic N) is 1. The molecule has 7 heteroatoms. The lowest BCUT2D eigenvalue weighted by atomic mass is 10.0. The van der Waals surface area contributed by atoms with Gasteiger partial charge in [0, 0.05) is 18.7 Å². The Bertz CT molecular complexity index is 894. The average molecular weight is 391 g/mol. The van der Waals surface area contributed by atoms with Crippen molar-refractivity contribution in [3.05, 3.63) is 53.5 Å². The number of carbonyl (C=O) groups excluding carboxylic acids is 1. The van der Waals surface area contributed by atoms with Gasteiger partial charge in [-0.3, -0.25) is 4.79 Å². The molecule has 1 aliphatic heterocycles. The lowest BCUT2D eigenvalue weighted by Gasteiger charge is -2.29. The highest BCUT2D eigenvalue weighted by Crippen LogP contribution is 2.24. The molecule has 1 unspecified atom stereocenters. The highest BCUT2D eigenvalue weighted by molar-refractivity contribution is 7.89. The van der Waals surface area contributed by atoms with Crippen LogP contribution in [0.2, 0.25) is 0 Å². The molecule has 1 fully saturated rings. The van der Waals surface area contributed by atoms with Crippen LogP contribution in [-0.4, -0.2) is 31.7 Å². The van der Waals surface area contributed by atoms with Crippen LogP contribution in [0, 0.1) is 12.8 Å². The molecule has 1 aromatic heterocycles. The fourth-order valence-electron chi connectivity index (χ4n) is 3.19. The van der Waals surface area contributed by atoms with E-state index < -0.39 is 10.0 Å². The lowest BCUT2D eigenvalue weighted by molar-refractivity contribution is 0.0935. The highest BCUT2D eigenvalue weighted by atomic mass is 32.2. The molecule has 0 radical (unpaired) electrons. The van der Waals surface area contributed by atoms with Crippen LogP contribution in [0.5, 0.6) is 0 Å². The van der Waals surface area contributed by atoms with Gasteiger partial charge in [-0.15, -0.1) is 0 Å². The second-order valence-corrected chi connectivity index (χ2v) is 9.19. The Labute approximate surface area is 160 Å². The van der Waals surface area contributed by atoms with Gasteiger partial charge in [0.05, 0.1) is 10.9 Å². The maximum Gasteiger partial charge on any atom is 0.251 e. The van der Waals surface area contributed by atoms with Crippen molar-refractivity contribution in [3.8, 4) is 0 Å². The van der Waals surface area contributed by atoms with Crippen LogP contribution in [-0.2, 0) is 10.0 Å². The molecule has 1 atom stereocenters. The topological polar surface area (TPSA) is 79.6 Å². The molecule has 1 aromatic carbocycles. The number of benzene rings is 1. The fourth-order valence-corrected chi connectivity index (χ4v) is 4.66. The maximum absolute atomic E-state index is 12.8. The van der Waals surface area contributed by atoms with E-state index in [2.05, 4.69) is 12.2 Å². The molecule has 146 valence electrons. The van der Waals surface area contributed by atoms with Crippen LogP contribution in [0.3, 0.4) is 0 Å². The molecule has 0 bridgehead atoms. The minimum absolute atomic E-state index is 0.225. The zero-order valence-electron chi connectivity index (χ0n) is 15.9. The first-order valence-electron chi connectivity index (χ1n) is 9.25. The van der Waals surface area contributed by atoms with Gasteiger partial charge in [0.2, 0.25) is 10.0 Å². The van der Waals surface area contributed by atoms with Crippen LogP contribution >= 0.6 is 0 Å². The molecular weight excluding hydrogens is 364 g/mol. The zero-order chi connectivity index (χ0) is 19.6. The predicted octanol–water partition coefficient (Wildman–Crippen LogP) is 3.50. The molecule has 2 aromatic rings. The van der Waals surface area contributed by atoms with Gasteiger partial charge in [0.1, 0.15) is 11.5 Å². The molecule has 2 heterocycles. The fraction of sp³-hybridized carbons (Fsp3) is 0.450. The van der Waals surface area contributed by atoms with Gasteiger partial charge in [-0.25, -0.2) is 8.42 Å². The Hall–Kier alpha value is -2.12. The smallest absolute Gasteiger partial charge is 0.251 e. The van der Waals surface area contributed by atoms with Crippen LogP contribution in [0.1, 0.15) is 54.6 Å². The predicted molar refractivity (Wildman–Crippen MR) is 103 cm³/mol. The Morgan fingerprint density at radius 1 is 1.15 bits per heavy atom. The Balaban J connectivity index is 1.68. The maximum atomic E-state index is 12.8. The van der Waals surface area contributed by atoms with E-state index in [-0.39, 0.29) is 16.8 Å². The first-order chi connectivity index (χ1) is 12.8. The van der Waals surface area contributed by atoms with Gasteiger partial charge < -0.3 is 9.73 Å². The molecule has 1 saturated heterocycles. The molecule has 1 N–H and O–H groups in total. The summed E-state index contributed by atoms with van der Waals surface area (Å²) in [6.07, 6.45) is 1.76. The molecule has 0 spiro atoms. The number of sulfonamides is 1. The zero-order valence-corrected chi connectivity index (χ0v) is 16.8. The molecular formula is C20H26N2O4S. The van der Waals surface area contributed by atoms with E-state index in [0.717, 1.165) is 18.6 Å². The van der Waals surface area contributed by atoms with Crippen molar-refractivity contribution in [1.29, 1.82) is 0 Å². The normalized spacial score (nSPS) is 17.6. The van der Waals surface area contributed by atoms with Crippen molar-refractivity contribution >= 4 is 15.9 Å². The van der Waals surface area contributed by atoms with E-state index in [4.69, 9.17) is 4.42 Å². The van der Waals surface area contributed by atoms with Crippen LogP contribution < -0.4 is 5.32 Å². The monoisotopic (exact) mass is 390 g/mol. The second-order valence-electron chi connectivity index (χ2n) is 7.25. The number of piperidine rings is 1. The summed E-state index contributed by atoms with van der Waals surface area (Å²) in [5, 5.41) is 2.86. The molecule has 27 heavy (non-hydrogen) atoms. The van der Waals surface area contributed by atoms with Crippen molar-refractivity contribution in [2.75, 3.05) is 13.1 Å². The van der Waals surface area contributed by atoms with Gasteiger partial charge in [0.25, 0.3) is 5.91 Å². The molecule has 6 nitrogen and oxygen atoms in total. The number of rotatable bonds is 5. The van der Waals surface area contributed by atoms with E-state index in [0.29, 0.717) is 30.3 Å². The minimum atomic E-state index is -3.50. The minimum Gasteiger partial charge on any atom is -0.464 e. The van der Waals surface area contributed by atoms with Gasteiger partial charge in [-0.05, 0) is 69.0 Å². The molecule has 1 amide bonds. The van der Waals surface area contributed by atoms with E-state index in [1.54, 1.807) is 12.1 Å². The Kier molecular flexibility index (Phi) is 5.72. The van der Waals surface area contributed by atoms with Crippen molar-refractivity contribution < 1.29 is 17.6 Å². The van der Waals surface area contributed by atoms with E-state index in [1.165, 1.54) is 16.4 Å². The molecule has 1 aliphatic rings. The van der Waals surface area contributed by atoms with Crippen LogP contribution in [0.25, 0.3) is 0 Å². The lowest BCUT2D eigenvalue weighted by Crippen LogP contribution is -2.37. The first kappa shape index (κ1) is 19.6. The average Bonchev–Trinajstić information content (AvgIpc) is 3.09. The summed E-state index contributed by atoms with van der Waals surface area (Å²) in [5.74, 6) is 1.75. The highest BCUT2D eigenvalue weighted by Gasteiger charge is 2.28. The number of hydrogen-bond donors (Lipinski definition) is 1. The summed E-state index contributed by atoms with van der Waals surface area (Å²) >= 11 is 0. The quantitative estimate of drug-likeness (QED) is 0.847. The Morgan fingerprint density at radius 3 is 2.33 bits per heavy atom. The number of hydrogen-bond acceptors (Lipinski definition) is 4. The number of furan rings is 1. The third-order valence-electron chi connectivity index (χ3n) is 5.03. The molecule has 3 rings (SSSR count). The molecule has 0 saturated carbocycles. The van der Waals surface area contributed by atoms with Crippen LogP contribution in [0.4, 0.5) is 0 Å². The number of aryl methyl sites for hydroxylation is 1. The van der Waals surface area contributed by atoms with E-state index in [1.807, 2.05) is 26.0 Å². The third-order valence-corrected chi connectivity index (χ3v) is 6.95. The number of nitrogens with one attached hydrogen (secondary N) is 1. The van der Waals surface area contributed by atoms with E-state index in [9.17, 15) is 13.2 Å². The van der Waals surface area contributed by atoms with Crippen molar-refractivity contribution in [3.63, 3.8) is 0 Å². The summed E-state index contributed by atoms with van der Waals surface area (Å²) in [6.45, 7) is 6.92. The van der Waals surface area contributed by atoms with Gasteiger partial charge >= 0.3 is 0 Å². The summed E-state index contributed by atoms with van der Waals surface area (Å²) in [6, 6.07) is 9.51. The first-order valence-corrected chi connectivity index (χ1v) is 10.7. The summed E-state index contributed by atoms with van der Waals surface area (Å²) in [4.78, 5) is 12.6. The Morgan fingerprint density at radius 2 is 1.78 bits per heavy atom. The van der Waals surface area contributed by atoms with Crippen LogP contribution in [0.15, 0.2) is 45.7 Å². The SMILES string of the molecule is Cc1ccc(C(C)NC(=O)c2ccc(S(=O)(=O)N3CCC(C)CC3)cc2)o1. The second kappa shape index (κ2) is 7.86. The summed E-state index contributed by atoms with van der Waals surface area (Å²) in [7, 11) is -3.50. The van der Waals surface area contributed by atoms with Gasteiger partial charge in [-0.2, -0.15) is 4.31 Å². The van der Waals surface area contributed by atoms with Crippen molar-refractivity contribution in [2.45, 2.75) is 44.6 Å². The largest absolute Gasteiger partial charge is 0.464 e. The number of carbonyl (C=O) groups is 1. The van der Waals surface area contributed by atoms with Gasteiger partial charge in [-0.1, -0.05) is 6.92 Å². The van der Waals surface area contributed by atoms with E-state index >= 15 is 0 Å². The van der Waals surface area contributed by atoms with Crippen molar-refractivity contribution in [1.82, 2.24) is 9.62 Å². The van der Waals surface area contributed by atoms with Gasteiger partial charge in [0.15, 0.2) is 0 Å². The summed E-state index contributed by atoms with van der Waals surface area (Å²) in [5.41, 5.74) is 0.413. The summed E-state index contributed by atoms with van der Waals surface area (Å²) < 4.78 is 32.6. The third kappa shape index (κ3) is 4.42. The molecule has 0 aliphatic carbocycles. The van der Waals surface area contributed by atoms with Crippen molar-refractivity contribution in [2.24, 2.45) is 5.92 Å².